The molecule has 3 nitrogen and oxygen atoms in total. The van der Waals surface area contributed by atoms with Crippen LogP contribution in [-0.2, 0) is 0 Å². The van der Waals surface area contributed by atoms with E-state index in [0.717, 1.165) is 5.69 Å². The van der Waals surface area contributed by atoms with Crippen molar-refractivity contribution in [2.45, 2.75) is 0 Å². The predicted octanol–water partition coefficient (Wildman–Crippen LogP) is 2.73. The van der Waals surface area contributed by atoms with Gasteiger partial charge in [0, 0.05) is 18.1 Å². The maximum absolute atomic E-state index is 8.71. The second-order valence-electron chi connectivity index (χ2n) is 2.77. The van der Waals surface area contributed by atoms with Gasteiger partial charge in [-0.2, -0.15) is 5.26 Å². The van der Waals surface area contributed by atoms with Crippen molar-refractivity contribution in [3.8, 4) is 11.8 Å². The molecule has 1 N–H and O–H groups in total. The third-order valence-electron chi connectivity index (χ3n) is 1.83. The third kappa shape index (κ3) is 3.19. The van der Waals surface area contributed by atoms with Crippen LogP contribution >= 0.6 is 11.6 Å². The first-order valence-corrected chi connectivity index (χ1v) is 4.82. The Hall–Kier alpha value is -1.66. The lowest BCUT2D eigenvalue weighted by Crippen LogP contribution is -2.00. The normalized spacial score (nSPS) is 9.93. The minimum atomic E-state index is 0.574. The van der Waals surface area contributed by atoms with Gasteiger partial charge in [0.15, 0.2) is 0 Å². The first kappa shape index (κ1) is 11.4. The molecule has 0 amide bonds. The highest BCUT2D eigenvalue weighted by Gasteiger charge is 2.02. The largest absolute Gasteiger partial charge is 0.495 e. The quantitative estimate of drug-likeness (QED) is 0.852. The number of benzene rings is 1. The zero-order valence-electron chi connectivity index (χ0n) is 8.33. The van der Waals surface area contributed by atoms with Gasteiger partial charge in [0.05, 0.1) is 24.4 Å². The van der Waals surface area contributed by atoms with E-state index in [2.05, 4.69) is 11.4 Å². The molecular formula is C11H11ClN2O. The van der Waals surface area contributed by atoms with E-state index in [-0.39, 0.29) is 0 Å². The Labute approximate surface area is 93.9 Å². The number of nitriles is 1. The second-order valence-corrected chi connectivity index (χ2v) is 3.02. The molecule has 78 valence electrons. The number of nitrogens with one attached hydrogen (secondary N) is 1. The summed E-state index contributed by atoms with van der Waals surface area (Å²) in [5, 5.41) is 11.8. The Balaban J connectivity index is 2.83. The Morgan fingerprint density at radius 2 is 2.40 bits per heavy atom. The fraction of sp³-hybridized carbons (Fsp3) is 0.182. The number of halogens is 1. The highest BCUT2D eigenvalue weighted by atomic mass is 35.5. The highest BCUT2D eigenvalue weighted by molar-refractivity contribution is 6.25. The standard InChI is InChI=1S/C11H11ClN2O/c1-15-11-7-9(8-13)3-4-10(11)14-6-2-5-12/h2-5,7,14H,6H2,1H3/b5-2+. The number of ether oxygens (including phenoxy) is 1. The van der Waals surface area contributed by atoms with Gasteiger partial charge in [-0.1, -0.05) is 17.7 Å². The lowest BCUT2D eigenvalue weighted by atomic mass is 10.2. The SMILES string of the molecule is COc1cc(C#N)ccc1NC/C=C/Cl. The Morgan fingerprint density at radius 1 is 1.60 bits per heavy atom. The molecule has 0 saturated heterocycles. The summed E-state index contributed by atoms with van der Waals surface area (Å²) in [7, 11) is 1.57. The molecular weight excluding hydrogens is 212 g/mol. The van der Waals surface area contributed by atoms with E-state index in [1.165, 1.54) is 5.54 Å². The Bertz CT molecular complexity index is 396. The van der Waals surface area contributed by atoms with Gasteiger partial charge in [-0.25, -0.2) is 0 Å². The smallest absolute Gasteiger partial charge is 0.143 e. The molecule has 0 aliphatic carbocycles. The number of anilines is 1. The van der Waals surface area contributed by atoms with Gasteiger partial charge in [0.25, 0.3) is 0 Å². The van der Waals surface area contributed by atoms with Crippen molar-refractivity contribution in [3.63, 3.8) is 0 Å². The maximum Gasteiger partial charge on any atom is 0.143 e. The minimum absolute atomic E-state index is 0.574. The fourth-order valence-electron chi connectivity index (χ4n) is 1.12. The van der Waals surface area contributed by atoms with Crippen molar-refractivity contribution in [2.24, 2.45) is 0 Å². The van der Waals surface area contributed by atoms with Gasteiger partial charge in [-0.3, -0.25) is 0 Å². The van der Waals surface area contributed by atoms with Crippen LogP contribution in [0, 0.1) is 11.3 Å². The molecule has 0 unspecified atom stereocenters. The molecule has 0 spiro atoms. The van der Waals surface area contributed by atoms with Gasteiger partial charge in [0.2, 0.25) is 0 Å². The van der Waals surface area contributed by atoms with Crippen LogP contribution in [0.2, 0.25) is 0 Å². The summed E-state index contributed by atoms with van der Waals surface area (Å²) in [6.07, 6.45) is 1.78. The van der Waals surface area contributed by atoms with Crippen molar-refractivity contribution < 1.29 is 4.74 Å². The second kappa shape index (κ2) is 5.94. The molecule has 4 heteroatoms. The van der Waals surface area contributed by atoms with E-state index in [4.69, 9.17) is 21.6 Å². The molecule has 15 heavy (non-hydrogen) atoms. The first-order valence-electron chi connectivity index (χ1n) is 4.39. The van der Waals surface area contributed by atoms with Crippen LogP contribution < -0.4 is 10.1 Å². The molecule has 1 aromatic rings. The zero-order valence-corrected chi connectivity index (χ0v) is 9.08. The molecule has 1 rings (SSSR count). The minimum Gasteiger partial charge on any atom is -0.495 e. The maximum atomic E-state index is 8.71. The Kier molecular flexibility index (Phi) is 4.52. The average Bonchev–Trinajstić information content (AvgIpc) is 2.29. The highest BCUT2D eigenvalue weighted by Crippen LogP contribution is 2.24. The number of hydrogen-bond donors (Lipinski definition) is 1. The van der Waals surface area contributed by atoms with Crippen LogP contribution in [0.4, 0.5) is 5.69 Å². The van der Waals surface area contributed by atoms with Gasteiger partial charge in [-0.15, -0.1) is 0 Å². The van der Waals surface area contributed by atoms with Crippen LogP contribution in [0.3, 0.4) is 0 Å². The lowest BCUT2D eigenvalue weighted by molar-refractivity contribution is 0.416. The molecule has 0 atom stereocenters. The van der Waals surface area contributed by atoms with E-state index in [9.17, 15) is 0 Å². The molecule has 0 heterocycles. The molecule has 1 aromatic carbocycles. The number of nitrogens with zero attached hydrogens (tertiary/aromatic N) is 1. The van der Waals surface area contributed by atoms with Gasteiger partial charge in [-0.05, 0) is 12.1 Å². The van der Waals surface area contributed by atoms with E-state index in [0.29, 0.717) is 17.9 Å². The summed E-state index contributed by atoms with van der Waals surface area (Å²) >= 11 is 5.39. The molecule has 0 fully saturated rings. The molecule has 0 saturated carbocycles. The van der Waals surface area contributed by atoms with Crippen molar-refractivity contribution in [2.75, 3.05) is 19.0 Å². The first-order chi connectivity index (χ1) is 7.31. The molecule has 0 aromatic heterocycles. The van der Waals surface area contributed by atoms with Crippen molar-refractivity contribution >= 4 is 17.3 Å². The van der Waals surface area contributed by atoms with Gasteiger partial charge >= 0.3 is 0 Å². The summed E-state index contributed by atoms with van der Waals surface area (Å²) in [6, 6.07) is 7.28. The van der Waals surface area contributed by atoms with Crippen molar-refractivity contribution in [3.05, 3.63) is 35.4 Å². The molecule has 0 bridgehead atoms. The summed E-state index contributed by atoms with van der Waals surface area (Å²) in [5.74, 6) is 0.650. The van der Waals surface area contributed by atoms with E-state index in [1.807, 2.05) is 0 Å². The molecule has 0 aliphatic heterocycles. The molecule has 0 radical (unpaired) electrons. The summed E-state index contributed by atoms with van der Waals surface area (Å²) in [4.78, 5) is 0. The summed E-state index contributed by atoms with van der Waals surface area (Å²) in [5.41, 5.74) is 2.86. The number of methoxy groups -OCH3 is 1. The predicted molar refractivity (Wildman–Crippen MR) is 61.2 cm³/mol. The zero-order chi connectivity index (χ0) is 11.1. The van der Waals surface area contributed by atoms with Crippen LogP contribution in [0.25, 0.3) is 0 Å². The Morgan fingerprint density at radius 3 is 3.00 bits per heavy atom. The summed E-state index contributed by atoms with van der Waals surface area (Å²) in [6.45, 7) is 0.617. The van der Waals surface area contributed by atoms with Crippen LogP contribution in [0.1, 0.15) is 5.56 Å². The van der Waals surface area contributed by atoms with Crippen molar-refractivity contribution in [1.29, 1.82) is 5.26 Å². The van der Waals surface area contributed by atoms with E-state index < -0.39 is 0 Å². The van der Waals surface area contributed by atoms with Gasteiger partial charge < -0.3 is 10.1 Å². The number of hydrogen-bond acceptors (Lipinski definition) is 3. The van der Waals surface area contributed by atoms with Crippen LogP contribution in [0.15, 0.2) is 29.8 Å². The lowest BCUT2D eigenvalue weighted by Gasteiger charge is -2.09. The van der Waals surface area contributed by atoms with Crippen LogP contribution in [0.5, 0.6) is 5.75 Å². The average molecular weight is 223 g/mol. The van der Waals surface area contributed by atoms with Crippen LogP contribution in [-0.4, -0.2) is 13.7 Å². The summed E-state index contributed by atoms with van der Waals surface area (Å²) < 4.78 is 5.15. The van der Waals surface area contributed by atoms with Crippen molar-refractivity contribution in [1.82, 2.24) is 0 Å². The monoisotopic (exact) mass is 222 g/mol. The third-order valence-corrected chi connectivity index (χ3v) is 2.01. The van der Waals surface area contributed by atoms with Gasteiger partial charge in [0.1, 0.15) is 5.75 Å². The topological polar surface area (TPSA) is 45.0 Å². The molecule has 0 aliphatic rings. The van der Waals surface area contributed by atoms with E-state index in [1.54, 1.807) is 31.4 Å². The number of rotatable bonds is 4. The fourth-order valence-corrected chi connectivity index (χ4v) is 1.21. The van der Waals surface area contributed by atoms with E-state index >= 15 is 0 Å².